The van der Waals surface area contributed by atoms with Crippen molar-refractivity contribution in [3.05, 3.63) is 28.2 Å². The molecule has 1 N–H and O–H groups in total. The van der Waals surface area contributed by atoms with Crippen molar-refractivity contribution in [3.8, 4) is 0 Å². The molecular weight excluding hydrogens is 316 g/mol. The molecule has 110 valence electrons. The van der Waals surface area contributed by atoms with Crippen LogP contribution < -0.4 is 4.90 Å². The molecule has 2 unspecified atom stereocenters. The van der Waals surface area contributed by atoms with Crippen LogP contribution in [0.4, 0.5) is 5.69 Å². The fraction of sp³-hybridized carbons (Fsp3) is 0.625. The van der Waals surface area contributed by atoms with Gasteiger partial charge in [0.1, 0.15) is 0 Å². The first-order valence-corrected chi connectivity index (χ1v) is 8.41. The first-order chi connectivity index (χ1) is 9.65. The van der Waals surface area contributed by atoms with E-state index in [0.29, 0.717) is 6.04 Å². The lowest BCUT2D eigenvalue weighted by Gasteiger charge is -2.29. The maximum absolute atomic E-state index is 10.0. The molecule has 4 heteroatoms. The molecule has 2 heterocycles. The molecule has 0 amide bonds. The van der Waals surface area contributed by atoms with E-state index in [1.54, 1.807) is 0 Å². The molecule has 2 aliphatic rings. The Balaban J connectivity index is 1.89. The number of aliphatic hydroxyl groups excluding tert-OH is 1. The molecule has 0 spiro atoms. The Morgan fingerprint density at radius 3 is 2.85 bits per heavy atom. The minimum absolute atomic E-state index is 0.416. The van der Waals surface area contributed by atoms with Gasteiger partial charge in [-0.1, -0.05) is 22.0 Å². The molecule has 1 aromatic rings. The van der Waals surface area contributed by atoms with Gasteiger partial charge in [0.15, 0.2) is 0 Å². The van der Waals surface area contributed by atoms with Gasteiger partial charge in [0.25, 0.3) is 0 Å². The molecule has 0 aliphatic carbocycles. The summed E-state index contributed by atoms with van der Waals surface area (Å²) < 4.78 is 1.09. The highest BCUT2D eigenvalue weighted by Crippen LogP contribution is 2.32. The number of benzene rings is 1. The van der Waals surface area contributed by atoms with E-state index in [2.05, 4.69) is 31.8 Å². The van der Waals surface area contributed by atoms with Gasteiger partial charge in [-0.25, -0.2) is 0 Å². The maximum Gasteiger partial charge on any atom is 0.0782 e. The molecule has 20 heavy (non-hydrogen) atoms. The van der Waals surface area contributed by atoms with Gasteiger partial charge in [-0.3, -0.25) is 4.90 Å². The molecule has 0 aromatic heterocycles. The Morgan fingerprint density at radius 1 is 1.25 bits per heavy atom. The van der Waals surface area contributed by atoms with E-state index in [1.807, 2.05) is 19.1 Å². The zero-order chi connectivity index (χ0) is 14.1. The highest BCUT2D eigenvalue weighted by molar-refractivity contribution is 9.10. The second-order valence-electron chi connectivity index (χ2n) is 6.01. The minimum atomic E-state index is -0.416. The van der Waals surface area contributed by atoms with Crippen molar-refractivity contribution in [1.82, 2.24) is 4.90 Å². The van der Waals surface area contributed by atoms with Crippen molar-refractivity contribution in [1.29, 1.82) is 0 Å². The van der Waals surface area contributed by atoms with E-state index in [0.717, 1.165) is 23.1 Å². The fourth-order valence-electron chi connectivity index (χ4n) is 3.57. The highest BCUT2D eigenvalue weighted by Gasteiger charge is 2.29. The monoisotopic (exact) mass is 338 g/mol. The standard InChI is InChI=1S/C16H23BrN2O/c1-12(20)15-6-5-13(17)10-16(15)19-9-3-8-18-7-2-4-14(18)11-19/h5-6,10,12,14,20H,2-4,7-9,11H2,1H3. The van der Waals surface area contributed by atoms with E-state index < -0.39 is 6.10 Å². The van der Waals surface area contributed by atoms with Crippen LogP contribution in [0.5, 0.6) is 0 Å². The Labute approximate surface area is 129 Å². The topological polar surface area (TPSA) is 26.7 Å². The quantitative estimate of drug-likeness (QED) is 0.897. The van der Waals surface area contributed by atoms with Crippen LogP contribution in [0.2, 0.25) is 0 Å². The van der Waals surface area contributed by atoms with Gasteiger partial charge in [-0.05, 0) is 44.9 Å². The Morgan fingerprint density at radius 2 is 2.05 bits per heavy atom. The van der Waals surface area contributed by atoms with Gasteiger partial charge in [-0.2, -0.15) is 0 Å². The average molecular weight is 339 g/mol. The molecule has 0 saturated carbocycles. The summed E-state index contributed by atoms with van der Waals surface area (Å²) in [4.78, 5) is 5.11. The van der Waals surface area contributed by atoms with Crippen LogP contribution in [0.15, 0.2) is 22.7 Å². The Kier molecular flexibility index (Phi) is 4.34. The van der Waals surface area contributed by atoms with E-state index >= 15 is 0 Å². The lowest BCUT2D eigenvalue weighted by Crippen LogP contribution is -2.37. The second-order valence-corrected chi connectivity index (χ2v) is 6.93. The van der Waals surface area contributed by atoms with Gasteiger partial charge in [-0.15, -0.1) is 0 Å². The van der Waals surface area contributed by atoms with Gasteiger partial charge < -0.3 is 10.0 Å². The molecule has 2 atom stereocenters. The molecule has 3 nitrogen and oxygen atoms in total. The summed E-state index contributed by atoms with van der Waals surface area (Å²) in [7, 11) is 0. The molecule has 3 rings (SSSR count). The van der Waals surface area contributed by atoms with Crippen molar-refractivity contribution < 1.29 is 5.11 Å². The van der Waals surface area contributed by atoms with Crippen molar-refractivity contribution >= 4 is 21.6 Å². The predicted molar refractivity (Wildman–Crippen MR) is 86.2 cm³/mol. The summed E-state index contributed by atoms with van der Waals surface area (Å²) in [6, 6.07) is 6.91. The molecule has 2 aliphatic heterocycles. The van der Waals surface area contributed by atoms with Crippen LogP contribution in [-0.2, 0) is 0 Å². The van der Waals surface area contributed by atoms with Crippen molar-refractivity contribution in [2.45, 2.75) is 38.3 Å². The van der Waals surface area contributed by atoms with E-state index in [-0.39, 0.29) is 0 Å². The number of nitrogens with zero attached hydrogens (tertiary/aromatic N) is 2. The van der Waals surface area contributed by atoms with E-state index in [9.17, 15) is 5.11 Å². The van der Waals surface area contributed by atoms with Crippen LogP contribution in [-0.4, -0.2) is 42.2 Å². The van der Waals surface area contributed by atoms with Crippen molar-refractivity contribution in [2.75, 3.05) is 31.1 Å². The van der Waals surface area contributed by atoms with Gasteiger partial charge in [0, 0.05) is 41.4 Å². The Bertz CT molecular complexity index is 478. The predicted octanol–water partition coefficient (Wildman–Crippen LogP) is 3.18. The van der Waals surface area contributed by atoms with E-state index in [1.165, 1.54) is 38.0 Å². The van der Waals surface area contributed by atoms with Crippen LogP contribution >= 0.6 is 15.9 Å². The number of aliphatic hydroxyl groups is 1. The summed E-state index contributed by atoms with van der Waals surface area (Å²) in [6.07, 6.45) is 3.44. The number of fused-ring (bicyclic) bond motifs is 1. The number of hydrogen-bond acceptors (Lipinski definition) is 3. The Hall–Kier alpha value is -0.580. The average Bonchev–Trinajstić information content (AvgIpc) is 2.75. The summed E-state index contributed by atoms with van der Waals surface area (Å²) in [6.45, 7) is 6.52. The largest absolute Gasteiger partial charge is 0.389 e. The molecule has 0 radical (unpaired) electrons. The number of halogens is 1. The summed E-state index contributed by atoms with van der Waals surface area (Å²) in [5.74, 6) is 0. The molecule has 2 fully saturated rings. The summed E-state index contributed by atoms with van der Waals surface area (Å²) in [5.41, 5.74) is 2.24. The first-order valence-electron chi connectivity index (χ1n) is 7.61. The molecule has 0 bridgehead atoms. The third-order valence-electron chi connectivity index (χ3n) is 4.59. The number of anilines is 1. The lowest BCUT2D eigenvalue weighted by molar-refractivity contribution is 0.199. The van der Waals surface area contributed by atoms with E-state index in [4.69, 9.17) is 0 Å². The zero-order valence-corrected chi connectivity index (χ0v) is 13.6. The van der Waals surface area contributed by atoms with Crippen molar-refractivity contribution in [2.24, 2.45) is 0 Å². The minimum Gasteiger partial charge on any atom is -0.389 e. The van der Waals surface area contributed by atoms with Crippen LogP contribution in [0.25, 0.3) is 0 Å². The third kappa shape index (κ3) is 2.87. The lowest BCUT2D eigenvalue weighted by atomic mass is 10.1. The van der Waals surface area contributed by atoms with Gasteiger partial charge in [0.2, 0.25) is 0 Å². The zero-order valence-electron chi connectivity index (χ0n) is 12.1. The molecule has 1 aromatic carbocycles. The SMILES string of the molecule is CC(O)c1ccc(Br)cc1N1CCCN2CCCC2C1. The van der Waals surface area contributed by atoms with Gasteiger partial charge >= 0.3 is 0 Å². The third-order valence-corrected chi connectivity index (χ3v) is 5.08. The maximum atomic E-state index is 10.0. The summed E-state index contributed by atoms with van der Waals surface area (Å²) >= 11 is 3.57. The van der Waals surface area contributed by atoms with Crippen LogP contribution in [0.3, 0.4) is 0 Å². The first kappa shape index (κ1) is 14.4. The smallest absolute Gasteiger partial charge is 0.0782 e. The number of hydrogen-bond donors (Lipinski definition) is 1. The normalized spacial score (nSPS) is 25.4. The van der Waals surface area contributed by atoms with Gasteiger partial charge in [0.05, 0.1) is 6.10 Å². The highest BCUT2D eigenvalue weighted by atomic mass is 79.9. The van der Waals surface area contributed by atoms with Crippen molar-refractivity contribution in [3.63, 3.8) is 0 Å². The second kappa shape index (κ2) is 6.04. The number of rotatable bonds is 2. The van der Waals surface area contributed by atoms with Crippen LogP contribution in [0.1, 0.15) is 37.9 Å². The van der Waals surface area contributed by atoms with Crippen LogP contribution in [0, 0.1) is 0 Å². The fourth-order valence-corrected chi connectivity index (χ4v) is 3.92. The molecule has 2 saturated heterocycles. The summed E-state index contributed by atoms with van der Waals surface area (Å²) in [5, 5.41) is 10.0. The molecular formula is C16H23BrN2O.